The number of carbonyl (C=O) groups excluding carboxylic acids is 1. The van der Waals surface area contributed by atoms with Crippen LogP contribution in [0.15, 0.2) is 24.3 Å². The lowest BCUT2D eigenvalue weighted by molar-refractivity contribution is -0.117. The highest BCUT2D eigenvalue weighted by Crippen LogP contribution is 2.16. The number of nitrogens with two attached hydrogens (primary N) is 1. The largest absolute Gasteiger partial charge is 0.497 e. The zero-order valence-electron chi connectivity index (χ0n) is 10.1. The number of ether oxygens (including phenoxy) is 1. The fourth-order valence-corrected chi connectivity index (χ4v) is 1.38. The summed E-state index contributed by atoms with van der Waals surface area (Å²) >= 11 is 0. The molecule has 5 heteroatoms. The minimum atomic E-state index is -0.448. The smallest absolute Gasteiger partial charge is 0.241 e. The SMILES string of the molecule is CCCC(N)C(=O)Nc1cccc(OC)c1.Cl. The first kappa shape index (κ1) is 15.7. The van der Waals surface area contributed by atoms with Gasteiger partial charge in [0.05, 0.1) is 13.2 Å². The van der Waals surface area contributed by atoms with Gasteiger partial charge in [-0.1, -0.05) is 19.4 Å². The molecule has 1 rings (SSSR count). The van der Waals surface area contributed by atoms with Gasteiger partial charge in [-0.15, -0.1) is 12.4 Å². The summed E-state index contributed by atoms with van der Waals surface area (Å²) in [6.07, 6.45) is 1.59. The maximum absolute atomic E-state index is 11.6. The van der Waals surface area contributed by atoms with Crippen LogP contribution in [-0.2, 0) is 4.79 Å². The zero-order valence-corrected chi connectivity index (χ0v) is 10.9. The van der Waals surface area contributed by atoms with Crippen LogP contribution in [0.4, 0.5) is 5.69 Å². The van der Waals surface area contributed by atoms with Crippen LogP contribution in [-0.4, -0.2) is 19.1 Å². The van der Waals surface area contributed by atoms with Crippen molar-refractivity contribution in [3.8, 4) is 5.75 Å². The fourth-order valence-electron chi connectivity index (χ4n) is 1.38. The van der Waals surface area contributed by atoms with Crippen molar-refractivity contribution >= 4 is 24.0 Å². The van der Waals surface area contributed by atoms with E-state index < -0.39 is 6.04 Å². The number of rotatable bonds is 5. The van der Waals surface area contributed by atoms with Crippen LogP contribution in [0.1, 0.15) is 19.8 Å². The molecule has 1 aromatic rings. The maximum atomic E-state index is 11.6. The molecular formula is C12H19ClN2O2. The van der Waals surface area contributed by atoms with Crippen molar-refractivity contribution in [1.82, 2.24) is 0 Å². The van der Waals surface area contributed by atoms with Crippen molar-refractivity contribution in [2.45, 2.75) is 25.8 Å². The third-order valence-corrected chi connectivity index (χ3v) is 2.27. The van der Waals surface area contributed by atoms with Gasteiger partial charge in [0, 0.05) is 11.8 Å². The summed E-state index contributed by atoms with van der Waals surface area (Å²) in [5.74, 6) is 0.553. The predicted molar refractivity (Wildman–Crippen MR) is 71.8 cm³/mol. The molecule has 0 saturated heterocycles. The van der Waals surface area contributed by atoms with E-state index in [1.165, 1.54) is 0 Å². The summed E-state index contributed by atoms with van der Waals surface area (Å²) in [6, 6.07) is 6.76. The number of amides is 1. The minimum Gasteiger partial charge on any atom is -0.497 e. The predicted octanol–water partition coefficient (Wildman–Crippen LogP) is 2.18. The third kappa shape index (κ3) is 5.06. The van der Waals surface area contributed by atoms with Gasteiger partial charge in [0.1, 0.15) is 5.75 Å². The molecule has 1 amide bonds. The molecule has 0 spiro atoms. The van der Waals surface area contributed by atoms with E-state index in [2.05, 4.69) is 5.32 Å². The topological polar surface area (TPSA) is 64.4 Å². The summed E-state index contributed by atoms with van der Waals surface area (Å²) in [5.41, 5.74) is 6.41. The van der Waals surface area contributed by atoms with Crippen LogP contribution in [0, 0.1) is 0 Å². The summed E-state index contributed by atoms with van der Waals surface area (Å²) in [5, 5.41) is 2.76. The summed E-state index contributed by atoms with van der Waals surface area (Å²) in [6.45, 7) is 2.00. The number of nitrogens with one attached hydrogen (secondary N) is 1. The number of halogens is 1. The Hall–Kier alpha value is -1.26. The van der Waals surface area contributed by atoms with Crippen LogP contribution in [0.3, 0.4) is 0 Å². The van der Waals surface area contributed by atoms with Gasteiger partial charge in [-0.05, 0) is 18.6 Å². The Labute approximate surface area is 108 Å². The van der Waals surface area contributed by atoms with Crippen molar-refractivity contribution in [3.63, 3.8) is 0 Å². The highest BCUT2D eigenvalue weighted by atomic mass is 35.5. The maximum Gasteiger partial charge on any atom is 0.241 e. The van der Waals surface area contributed by atoms with E-state index in [9.17, 15) is 4.79 Å². The highest BCUT2D eigenvalue weighted by molar-refractivity contribution is 5.94. The molecule has 0 saturated carbocycles. The van der Waals surface area contributed by atoms with Gasteiger partial charge in [0.25, 0.3) is 0 Å². The van der Waals surface area contributed by atoms with Crippen molar-refractivity contribution in [2.24, 2.45) is 5.73 Å². The van der Waals surface area contributed by atoms with E-state index in [4.69, 9.17) is 10.5 Å². The van der Waals surface area contributed by atoms with E-state index in [1.807, 2.05) is 19.1 Å². The number of hydrogen-bond donors (Lipinski definition) is 2. The van der Waals surface area contributed by atoms with Gasteiger partial charge in [0.15, 0.2) is 0 Å². The van der Waals surface area contributed by atoms with E-state index in [0.29, 0.717) is 17.9 Å². The Morgan fingerprint density at radius 2 is 2.24 bits per heavy atom. The molecule has 0 bridgehead atoms. The van der Waals surface area contributed by atoms with Crippen LogP contribution in [0.25, 0.3) is 0 Å². The molecule has 3 N–H and O–H groups in total. The Balaban J connectivity index is 0.00000256. The number of carbonyl (C=O) groups is 1. The summed E-state index contributed by atoms with van der Waals surface area (Å²) in [7, 11) is 1.59. The Bertz CT molecular complexity index is 358. The van der Waals surface area contributed by atoms with Gasteiger partial charge in [-0.3, -0.25) is 4.79 Å². The molecule has 4 nitrogen and oxygen atoms in total. The standard InChI is InChI=1S/C12H18N2O2.ClH/c1-3-5-11(13)12(15)14-9-6-4-7-10(8-9)16-2;/h4,6-8,11H,3,5,13H2,1-2H3,(H,14,15);1H. The van der Waals surface area contributed by atoms with Gasteiger partial charge in [-0.2, -0.15) is 0 Å². The Morgan fingerprint density at radius 1 is 1.53 bits per heavy atom. The molecule has 17 heavy (non-hydrogen) atoms. The van der Waals surface area contributed by atoms with Crippen LogP contribution >= 0.6 is 12.4 Å². The lowest BCUT2D eigenvalue weighted by Crippen LogP contribution is -2.35. The van der Waals surface area contributed by atoms with Crippen molar-refractivity contribution in [1.29, 1.82) is 0 Å². The molecule has 0 heterocycles. The second-order valence-corrected chi connectivity index (χ2v) is 3.62. The molecule has 0 aliphatic heterocycles. The van der Waals surface area contributed by atoms with E-state index in [1.54, 1.807) is 19.2 Å². The molecule has 0 radical (unpaired) electrons. The number of methoxy groups -OCH3 is 1. The average molecular weight is 259 g/mol. The van der Waals surface area contributed by atoms with Gasteiger partial charge in [-0.25, -0.2) is 0 Å². The fraction of sp³-hybridized carbons (Fsp3) is 0.417. The van der Waals surface area contributed by atoms with Gasteiger partial charge in [0.2, 0.25) is 5.91 Å². The van der Waals surface area contributed by atoms with E-state index >= 15 is 0 Å². The van der Waals surface area contributed by atoms with Crippen LogP contribution in [0.2, 0.25) is 0 Å². The first-order valence-electron chi connectivity index (χ1n) is 5.38. The zero-order chi connectivity index (χ0) is 12.0. The molecular weight excluding hydrogens is 240 g/mol. The molecule has 0 aliphatic rings. The van der Waals surface area contributed by atoms with Crippen molar-refractivity contribution in [2.75, 3.05) is 12.4 Å². The molecule has 0 aromatic heterocycles. The quantitative estimate of drug-likeness (QED) is 0.851. The van der Waals surface area contributed by atoms with Gasteiger partial charge < -0.3 is 15.8 Å². The first-order chi connectivity index (χ1) is 7.67. The number of anilines is 1. The molecule has 96 valence electrons. The molecule has 1 aromatic carbocycles. The second-order valence-electron chi connectivity index (χ2n) is 3.62. The number of benzene rings is 1. The lowest BCUT2D eigenvalue weighted by atomic mass is 10.1. The Morgan fingerprint density at radius 3 is 2.82 bits per heavy atom. The third-order valence-electron chi connectivity index (χ3n) is 2.27. The molecule has 1 unspecified atom stereocenters. The van der Waals surface area contributed by atoms with E-state index in [0.717, 1.165) is 6.42 Å². The molecule has 0 aliphatic carbocycles. The first-order valence-corrected chi connectivity index (χ1v) is 5.38. The van der Waals surface area contributed by atoms with Crippen molar-refractivity contribution < 1.29 is 9.53 Å². The summed E-state index contributed by atoms with van der Waals surface area (Å²) < 4.78 is 5.06. The molecule has 1 atom stereocenters. The summed E-state index contributed by atoms with van der Waals surface area (Å²) in [4.78, 5) is 11.6. The monoisotopic (exact) mass is 258 g/mol. The minimum absolute atomic E-state index is 0. The van der Waals surface area contributed by atoms with Crippen LogP contribution in [0.5, 0.6) is 5.75 Å². The second kappa shape index (κ2) is 7.92. The van der Waals surface area contributed by atoms with E-state index in [-0.39, 0.29) is 18.3 Å². The lowest BCUT2D eigenvalue weighted by Gasteiger charge is -2.11. The molecule has 0 fully saturated rings. The average Bonchev–Trinajstić information content (AvgIpc) is 2.29. The normalized spacial score (nSPS) is 11.2. The van der Waals surface area contributed by atoms with Gasteiger partial charge >= 0.3 is 0 Å². The van der Waals surface area contributed by atoms with Crippen molar-refractivity contribution in [3.05, 3.63) is 24.3 Å². The highest BCUT2D eigenvalue weighted by Gasteiger charge is 2.12. The van der Waals surface area contributed by atoms with Crippen LogP contribution < -0.4 is 15.8 Å². The Kier molecular flexibility index (Phi) is 7.34. The number of hydrogen-bond acceptors (Lipinski definition) is 3.